The molecule has 108 valence electrons. The maximum atomic E-state index is 12.1. The van der Waals surface area contributed by atoms with Gasteiger partial charge < -0.3 is 9.84 Å². The average molecular weight is 332 g/mol. The van der Waals surface area contributed by atoms with Crippen molar-refractivity contribution in [2.45, 2.75) is 29.8 Å². The molecule has 1 rings (SSSR count). The molecule has 2 N–H and O–H groups in total. The van der Waals surface area contributed by atoms with Crippen LogP contribution in [0.1, 0.15) is 25.5 Å². The molecule has 1 atom stereocenters. The van der Waals surface area contributed by atoms with Gasteiger partial charge in [0.05, 0.1) is 7.11 Å². The maximum Gasteiger partial charge on any atom is 0.337 e. The van der Waals surface area contributed by atoms with E-state index in [0.717, 1.165) is 4.68 Å². The van der Waals surface area contributed by atoms with Crippen LogP contribution in [0.2, 0.25) is 0 Å². The Kier molecular flexibility index (Phi) is 5.26. The summed E-state index contributed by atoms with van der Waals surface area (Å²) in [5, 5.41) is 17.1. The van der Waals surface area contributed by atoms with Crippen LogP contribution in [0.4, 0.5) is 0 Å². The van der Waals surface area contributed by atoms with Crippen molar-refractivity contribution >= 4 is 34.8 Å². The topological polar surface area (TPSA) is 89.3 Å². The van der Waals surface area contributed by atoms with Gasteiger partial charge in [0.1, 0.15) is 5.69 Å². The zero-order valence-corrected chi connectivity index (χ0v) is 12.7. The summed E-state index contributed by atoms with van der Waals surface area (Å²) in [6.07, 6.45) is -1.63. The second kappa shape index (κ2) is 6.13. The van der Waals surface area contributed by atoms with E-state index < -0.39 is 15.6 Å². The highest BCUT2D eigenvalue weighted by atomic mass is 35.6. The van der Waals surface area contributed by atoms with Crippen molar-refractivity contribution in [1.29, 1.82) is 0 Å². The lowest BCUT2D eigenvalue weighted by Crippen LogP contribution is -2.44. The molecule has 0 radical (unpaired) electrons. The molecule has 0 aromatic carbocycles. The third-order valence-electron chi connectivity index (χ3n) is 2.15. The van der Waals surface area contributed by atoms with E-state index in [1.165, 1.54) is 7.11 Å². The molecule has 0 saturated carbocycles. The van der Waals surface area contributed by atoms with Gasteiger partial charge in [-0.1, -0.05) is 53.7 Å². The molecule has 0 spiro atoms. The highest BCUT2D eigenvalue weighted by Gasteiger charge is 2.32. The number of hydrogen-bond acceptors (Lipinski definition) is 6. The number of halogens is 3. The molecule has 7 nitrogen and oxygen atoms in total. The fourth-order valence-corrected chi connectivity index (χ4v) is 1.34. The van der Waals surface area contributed by atoms with E-state index in [1.54, 1.807) is 13.8 Å². The first-order valence-electron chi connectivity index (χ1n) is 5.23. The normalized spacial score (nSPS) is 13.5. The molecule has 19 heavy (non-hydrogen) atoms. The summed E-state index contributed by atoms with van der Waals surface area (Å²) in [5.74, 6) is -0.163. The minimum atomic E-state index is -2.02. The number of nitrogens with zero attached hydrogens (tertiary/aromatic N) is 3. The SMILES string of the molecule is COc1nnc(C(C)C)c(=O)n1NC(O)C(Cl)(Cl)Cl. The van der Waals surface area contributed by atoms with E-state index >= 15 is 0 Å². The van der Waals surface area contributed by atoms with Gasteiger partial charge in [0.15, 0.2) is 6.23 Å². The van der Waals surface area contributed by atoms with Crippen LogP contribution >= 0.6 is 34.8 Å². The van der Waals surface area contributed by atoms with Crippen LogP contribution in [0.15, 0.2) is 4.79 Å². The number of methoxy groups -OCH3 is 1. The predicted octanol–water partition coefficient (Wildman–Crippen LogP) is 1.00. The molecule has 0 amide bonds. The zero-order valence-electron chi connectivity index (χ0n) is 10.4. The second-order valence-electron chi connectivity index (χ2n) is 3.94. The largest absolute Gasteiger partial charge is 0.466 e. The van der Waals surface area contributed by atoms with E-state index in [9.17, 15) is 9.90 Å². The molecule has 1 heterocycles. The van der Waals surface area contributed by atoms with Crippen molar-refractivity contribution in [1.82, 2.24) is 14.9 Å². The van der Waals surface area contributed by atoms with Gasteiger partial charge in [-0.05, 0) is 0 Å². The summed E-state index contributed by atoms with van der Waals surface area (Å²) >= 11 is 16.5. The Hall–Kier alpha value is -0.760. The molecule has 0 aliphatic carbocycles. The van der Waals surface area contributed by atoms with Gasteiger partial charge in [0.2, 0.25) is 3.79 Å². The summed E-state index contributed by atoms with van der Waals surface area (Å²) in [7, 11) is 1.29. The molecule has 1 aromatic heterocycles. The number of aliphatic hydroxyl groups excluding tert-OH is 1. The number of ether oxygens (including phenoxy) is 1. The van der Waals surface area contributed by atoms with Crippen LogP contribution < -0.4 is 15.7 Å². The van der Waals surface area contributed by atoms with Gasteiger partial charge in [0.25, 0.3) is 5.56 Å². The molecule has 1 unspecified atom stereocenters. The third kappa shape index (κ3) is 3.85. The highest BCUT2D eigenvalue weighted by molar-refractivity contribution is 6.68. The number of alkyl halides is 3. The molecule has 0 bridgehead atoms. The molecule has 0 aliphatic rings. The Morgan fingerprint density at radius 2 is 1.95 bits per heavy atom. The van der Waals surface area contributed by atoms with E-state index in [4.69, 9.17) is 39.5 Å². The highest BCUT2D eigenvalue weighted by Crippen LogP contribution is 2.29. The number of rotatable bonds is 4. The molecule has 0 aliphatic heterocycles. The van der Waals surface area contributed by atoms with Crippen molar-refractivity contribution in [2.75, 3.05) is 12.5 Å². The Balaban J connectivity index is 3.24. The van der Waals surface area contributed by atoms with E-state index in [2.05, 4.69) is 15.6 Å². The summed E-state index contributed by atoms with van der Waals surface area (Å²) < 4.78 is 3.68. The summed E-state index contributed by atoms with van der Waals surface area (Å²) in [6.45, 7) is 3.54. The lowest BCUT2D eigenvalue weighted by molar-refractivity contribution is 0.185. The zero-order chi connectivity index (χ0) is 14.8. The van der Waals surface area contributed by atoms with Gasteiger partial charge in [-0.3, -0.25) is 10.2 Å². The standard InChI is InChI=1S/C9H13Cl3N4O3/c1-4(2)5-6(17)16(8(19-3)14-13-5)15-7(18)9(10,11)12/h4,7,15,18H,1-3H3. The lowest BCUT2D eigenvalue weighted by atomic mass is 10.1. The first-order chi connectivity index (χ1) is 8.68. The Bertz CT molecular complexity index is 500. The van der Waals surface area contributed by atoms with E-state index in [1.807, 2.05) is 0 Å². The van der Waals surface area contributed by atoms with Crippen molar-refractivity contribution in [3.63, 3.8) is 0 Å². The Morgan fingerprint density at radius 3 is 2.37 bits per heavy atom. The summed E-state index contributed by atoms with van der Waals surface area (Å²) in [5.41, 5.74) is 1.94. The summed E-state index contributed by atoms with van der Waals surface area (Å²) in [6, 6.07) is -0.164. The van der Waals surface area contributed by atoms with Gasteiger partial charge in [0, 0.05) is 5.92 Å². The number of aromatic nitrogens is 3. The smallest absolute Gasteiger partial charge is 0.337 e. The van der Waals surface area contributed by atoms with Gasteiger partial charge in [-0.2, -0.15) is 4.68 Å². The molecular formula is C9H13Cl3N4O3. The van der Waals surface area contributed by atoms with Crippen molar-refractivity contribution in [2.24, 2.45) is 0 Å². The van der Waals surface area contributed by atoms with Crippen LogP contribution in [0.5, 0.6) is 6.01 Å². The molecule has 10 heteroatoms. The Labute approximate surface area is 124 Å². The first kappa shape index (κ1) is 16.3. The molecule has 0 fully saturated rings. The predicted molar refractivity (Wildman–Crippen MR) is 72.6 cm³/mol. The van der Waals surface area contributed by atoms with Crippen molar-refractivity contribution < 1.29 is 9.84 Å². The lowest BCUT2D eigenvalue weighted by Gasteiger charge is -2.23. The minimum absolute atomic E-state index is 0.163. The average Bonchev–Trinajstić information content (AvgIpc) is 2.29. The van der Waals surface area contributed by atoms with Gasteiger partial charge in [-0.25, -0.2) is 0 Å². The number of hydrogen-bond donors (Lipinski definition) is 2. The van der Waals surface area contributed by atoms with Crippen LogP contribution in [0, 0.1) is 0 Å². The fraction of sp³-hybridized carbons (Fsp3) is 0.667. The first-order valence-corrected chi connectivity index (χ1v) is 6.36. The van der Waals surface area contributed by atoms with Crippen molar-refractivity contribution in [3.8, 4) is 6.01 Å². The van der Waals surface area contributed by atoms with Gasteiger partial charge in [-0.15, -0.1) is 5.10 Å². The summed E-state index contributed by atoms with van der Waals surface area (Å²) in [4.78, 5) is 12.1. The van der Waals surface area contributed by atoms with E-state index in [-0.39, 0.29) is 17.6 Å². The number of nitrogens with one attached hydrogen (secondary N) is 1. The van der Waals surface area contributed by atoms with Gasteiger partial charge >= 0.3 is 6.01 Å². The van der Waals surface area contributed by atoms with E-state index in [0.29, 0.717) is 0 Å². The molecule has 1 aromatic rings. The molecule has 0 saturated heterocycles. The molecular weight excluding hydrogens is 318 g/mol. The second-order valence-corrected chi connectivity index (χ2v) is 6.31. The van der Waals surface area contributed by atoms with Crippen LogP contribution in [-0.4, -0.2) is 37.1 Å². The third-order valence-corrected chi connectivity index (χ3v) is 2.77. The maximum absolute atomic E-state index is 12.1. The van der Waals surface area contributed by atoms with Crippen LogP contribution in [0.3, 0.4) is 0 Å². The van der Waals surface area contributed by atoms with Crippen LogP contribution in [-0.2, 0) is 0 Å². The fourth-order valence-electron chi connectivity index (χ4n) is 1.19. The van der Waals surface area contributed by atoms with Crippen LogP contribution in [0.25, 0.3) is 0 Å². The minimum Gasteiger partial charge on any atom is -0.466 e. The quantitative estimate of drug-likeness (QED) is 0.632. The van der Waals surface area contributed by atoms with Crippen molar-refractivity contribution in [3.05, 3.63) is 16.0 Å². The Morgan fingerprint density at radius 1 is 1.37 bits per heavy atom. The number of aliphatic hydroxyl groups is 1. The monoisotopic (exact) mass is 330 g/mol.